The van der Waals surface area contributed by atoms with Gasteiger partial charge in [0, 0.05) is 19.0 Å². The zero-order valence-corrected chi connectivity index (χ0v) is 16.7. The fourth-order valence-electron chi connectivity index (χ4n) is 3.20. The Morgan fingerprint density at radius 3 is 2.96 bits per heavy atom. The summed E-state index contributed by atoms with van der Waals surface area (Å²) in [6.07, 6.45) is 4.99. The molecule has 0 aliphatic rings. The van der Waals surface area contributed by atoms with Gasteiger partial charge in [0.2, 0.25) is 0 Å². The van der Waals surface area contributed by atoms with Gasteiger partial charge < -0.3 is 9.73 Å². The van der Waals surface area contributed by atoms with Crippen LogP contribution in [0.5, 0.6) is 0 Å². The predicted molar refractivity (Wildman–Crippen MR) is 110 cm³/mol. The number of carbonyl (C=O) groups is 1. The highest BCUT2D eigenvalue weighted by molar-refractivity contribution is 7.13. The van der Waals surface area contributed by atoms with Crippen molar-refractivity contribution < 1.29 is 9.21 Å². The van der Waals surface area contributed by atoms with E-state index in [0.717, 1.165) is 40.2 Å². The van der Waals surface area contributed by atoms with Crippen molar-refractivity contribution in [3.63, 3.8) is 0 Å². The third-order valence-corrected chi connectivity index (χ3v) is 5.60. The Hall–Kier alpha value is -2.93. The smallest absolute Gasteiger partial charge is 0.252 e. The zero-order valence-electron chi connectivity index (χ0n) is 15.9. The maximum absolute atomic E-state index is 13.1. The number of aromatic nitrogens is 3. The van der Waals surface area contributed by atoms with E-state index in [2.05, 4.69) is 10.4 Å². The van der Waals surface area contributed by atoms with Crippen molar-refractivity contribution in [1.82, 2.24) is 20.1 Å². The summed E-state index contributed by atoms with van der Waals surface area (Å²) in [6, 6.07) is 9.72. The van der Waals surface area contributed by atoms with Crippen LogP contribution in [0, 0.1) is 0 Å². The van der Waals surface area contributed by atoms with E-state index >= 15 is 0 Å². The largest absolute Gasteiger partial charge is 0.469 e. The first kappa shape index (κ1) is 18.4. The number of hydrogen-bond acceptors (Lipinski definition) is 5. The minimum atomic E-state index is -0.104. The van der Waals surface area contributed by atoms with E-state index in [4.69, 9.17) is 9.40 Å². The summed E-state index contributed by atoms with van der Waals surface area (Å²) in [5.41, 5.74) is 2.14. The van der Waals surface area contributed by atoms with Gasteiger partial charge in [-0.2, -0.15) is 5.10 Å². The summed E-state index contributed by atoms with van der Waals surface area (Å²) >= 11 is 1.61. The lowest BCUT2D eigenvalue weighted by atomic mass is 10.1. The first-order valence-corrected chi connectivity index (χ1v) is 10.3. The van der Waals surface area contributed by atoms with Crippen molar-refractivity contribution >= 4 is 28.3 Å². The van der Waals surface area contributed by atoms with Gasteiger partial charge in [0.05, 0.1) is 34.0 Å². The number of nitrogens with one attached hydrogen (secondary N) is 1. The average molecular weight is 395 g/mol. The molecule has 0 saturated heterocycles. The van der Waals surface area contributed by atoms with Crippen molar-refractivity contribution in [2.45, 2.75) is 39.3 Å². The number of amides is 1. The van der Waals surface area contributed by atoms with Crippen molar-refractivity contribution in [2.75, 3.05) is 0 Å². The molecule has 4 rings (SSSR count). The van der Waals surface area contributed by atoms with Gasteiger partial charge in [-0.3, -0.25) is 4.79 Å². The maximum atomic E-state index is 13.1. The number of hydrogen-bond donors (Lipinski definition) is 1. The third kappa shape index (κ3) is 3.71. The molecule has 6 nitrogen and oxygen atoms in total. The molecule has 0 fully saturated rings. The molecule has 28 heavy (non-hydrogen) atoms. The van der Waals surface area contributed by atoms with Gasteiger partial charge >= 0.3 is 0 Å². The van der Waals surface area contributed by atoms with E-state index in [1.807, 2.05) is 54.2 Å². The lowest BCUT2D eigenvalue weighted by molar-refractivity contribution is 0.0939. The third-order valence-electron chi connectivity index (χ3n) is 4.71. The molecule has 0 radical (unpaired) electrons. The number of carbonyl (C=O) groups excluding carboxylic acids is 1. The van der Waals surface area contributed by atoms with Crippen LogP contribution in [0.1, 0.15) is 36.4 Å². The van der Waals surface area contributed by atoms with Gasteiger partial charge in [-0.15, -0.1) is 11.3 Å². The number of fused-ring (bicyclic) bond motifs is 1. The fourth-order valence-corrected chi connectivity index (χ4v) is 3.89. The normalized spacial score (nSPS) is 12.4. The molecular formula is C21H22N4O2S. The molecule has 0 aliphatic heterocycles. The summed E-state index contributed by atoms with van der Waals surface area (Å²) < 4.78 is 7.20. The molecule has 1 unspecified atom stereocenters. The Labute approximate surface area is 167 Å². The second-order valence-electron chi connectivity index (χ2n) is 6.72. The van der Waals surface area contributed by atoms with Crippen molar-refractivity contribution in [3.8, 4) is 10.6 Å². The molecule has 0 bridgehead atoms. The van der Waals surface area contributed by atoms with Gasteiger partial charge in [-0.25, -0.2) is 9.67 Å². The minimum absolute atomic E-state index is 0.0206. The Balaban J connectivity index is 1.61. The van der Waals surface area contributed by atoms with E-state index in [-0.39, 0.29) is 11.9 Å². The monoisotopic (exact) mass is 394 g/mol. The zero-order chi connectivity index (χ0) is 19.5. The highest BCUT2D eigenvalue weighted by atomic mass is 32.1. The molecule has 0 aromatic carbocycles. The molecule has 4 aromatic heterocycles. The first-order valence-electron chi connectivity index (χ1n) is 9.39. The lowest BCUT2D eigenvalue weighted by Crippen LogP contribution is -2.33. The van der Waals surface area contributed by atoms with Crippen LogP contribution in [-0.2, 0) is 13.0 Å². The van der Waals surface area contributed by atoms with Crippen molar-refractivity contribution in [1.29, 1.82) is 0 Å². The van der Waals surface area contributed by atoms with Crippen LogP contribution in [0.3, 0.4) is 0 Å². The average Bonchev–Trinajstić information content (AvgIpc) is 3.46. The highest BCUT2D eigenvalue weighted by Gasteiger charge is 2.19. The number of rotatable bonds is 7. The molecule has 0 spiro atoms. The Morgan fingerprint density at radius 1 is 1.36 bits per heavy atom. The minimum Gasteiger partial charge on any atom is -0.469 e. The van der Waals surface area contributed by atoms with Crippen LogP contribution in [0.4, 0.5) is 0 Å². The lowest BCUT2D eigenvalue weighted by Gasteiger charge is -2.14. The van der Waals surface area contributed by atoms with Crippen molar-refractivity contribution in [3.05, 3.63) is 59.5 Å². The second-order valence-corrected chi connectivity index (χ2v) is 7.67. The summed E-state index contributed by atoms with van der Waals surface area (Å²) in [5, 5.41) is 10.3. The molecule has 1 atom stereocenters. The Kier molecular flexibility index (Phi) is 5.25. The summed E-state index contributed by atoms with van der Waals surface area (Å²) in [7, 11) is 0. The molecule has 0 saturated carbocycles. The van der Waals surface area contributed by atoms with Crippen LogP contribution in [0.25, 0.3) is 21.6 Å². The fraction of sp³-hybridized carbons (Fsp3) is 0.286. The molecule has 1 N–H and O–H groups in total. The van der Waals surface area contributed by atoms with Gasteiger partial charge in [0.25, 0.3) is 5.91 Å². The van der Waals surface area contributed by atoms with E-state index in [0.29, 0.717) is 12.1 Å². The van der Waals surface area contributed by atoms with Gasteiger partial charge in [0.15, 0.2) is 5.65 Å². The van der Waals surface area contributed by atoms with Gasteiger partial charge in [-0.05, 0) is 49.9 Å². The summed E-state index contributed by atoms with van der Waals surface area (Å²) in [5.74, 6) is 0.824. The second kappa shape index (κ2) is 7.98. The summed E-state index contributed by atoms with van der Waals surface area (Å²) in [6.45, 7) is 4.72. The van der Waals surface area contributed by atoms with Crippen molar-refractivity contribution in [2.24, 2.45) is 0 Å². The van der Waals surface area contributed by atoms with Crippen LogP contribution >= 0.6 is 11.3 Å². The van der Waals surface area contributed by atoms with E-state index in [9.17, 15) is 4.79 Å². The van der Waals surface area contributed by atoms with Crippen LogP contribution in [0.15, 0.2) is 52.6 Å². The molecular weight excluding hydrogens is 372 g/mol. The van der Waals surface area contributed by atoms with Gasteiger partial charge in [-0.1, -0.05) is 6.07 Å². The first-order chi connectivity index (χ1) is 13.7. The standard InChI is InChI=1S/C21H22N4O2S/c1-3-25-20-17(13-22-25)16(12-18(24-20)19-7-5-11-28-19)21(26)23-14(2)8-9-15-6-4-10-27-15/h4-7,10-14H,3,8-9H2,1-2H3,(H,23,26). The molecule has 0 aliphatic carbocycles. The van der Waals surface area contributed by atoms with Crippen LogP contribution in [0.2, 0.25) is 0 Å². The number of pyridine rings is 1. The van der Waals surface area contributed by atoms with E-state index in [1.165, 1.54) is 0 Å². The molecule has 144 valence electrons. The highest BCUT2D eigenvalue weighted by Crippen LogP contribution is 2.28. The summed E-state index contributed by atoms with van der Waals surface area (Å²) in [4.78, 5) is 18.8. The number of aryl methyl sites for hydroxylation is 2. The Morgan fingerprint density at radius 2 is 2.25 bits per heavy atom. The molecule has 7 heteroatoms. The Bertz CT molecular complexity index is 1070. The van der Waals surface area contributed by atoms with Crippen LogP contribution < -0.4 is 5.32 Å². The molecule has 4 heterocycles. The number of furan rings is 1. The number of thiophene rings is 1. The molecule has 1 amide bonds. The molecule has 4 aromatic rings. The number of nitrogens with zero attached hydrogens (tertiary/aromatic N) is 3. The predicted octanol–water partition coefficient (Wildman–Crippen LogP) is 4.52. The SMILES string of the molecule is CCn1ncc2c(C(=O)NC(C)CCc3ccco3)cc(-c3cccs3)nc21. The van der Waals surface area contributed by atoms with E-state index < -0.39 is 0 Å². The van der Waals surface area contributed by atoms with E-state index in [1.54, 1.807) is 23.8 Å². The van der Waals surface area contributed by atoms with Gasteiger partial charge in [0.1, 0.15) is 5.76 Å². The topological polar surface area (TPSA) is 73.0 Å². The van der Waals surface area contributed by atoms with Crippen LogP contribution in [-0.4, -0.2) is 26.7 Å². The maximum Gasteiger partial charge on any atom is 0.252 e. The quantitative estimate of drug-likeness (QED) is 0.500.